The summed E-state index contributed by atoms with van der Waals surface area (Å²) < 4.78 is 0.845. The van der Waals surface area contributed by atoms with Gasteiger partial charge in [0.05, 0.1) is 27.5 Å². The molecule has 0 saturated heterocycles. The Morgan fingerprint density at radius 3 is 2.35 bits per heavy atom. The molecule has 0 atom stereocenters. The third kappa shape index (κ3) is 4.33. The molecule has 6 heteroatoms. The van der Waals surface area contributed by atoms with Crippen molar-refractivity contribution in [3.05, 3.63) is 91.4 Å². The van der Waals surface area contributed by atoms with Crippen molar-refractivity contribution in [1.82, 2.24) is 4.98 Å². The fourth-order valence-corrected chi connectivity index (χ4v) is 4.62. The van der Waals surface area contributed by atoms with Crippen molar-refractivity contribution in [2.24, 2.45) is 0 Å². The average molecular weight is 514 g/mol. The maximum absolute atomic E-state index is 13.5. The number of halogens is 3. The number of benzene rings is 3. The van der Waals surface area contributed by atoms with Gasteiger partial charge in [0.2, 0.25) is 0 Å². The van der Waals surface area contributed by atoms with E-state index in [0.717, 1.165) is 43.3 Å². The maximum atomic E-state index is 13.5. The molecule has 1 N–H and O–H groups in total. The van der Waals surface area contributed by atoms with E-state index in [1.807, 2.05) is 57.2 Å². The minimum atomic E-state index is -0.227. The predicted octanol–water partition coefficient (Wildman–Crippen LogP) is 8.15. The van der Waals surface area contributed by atoms with E-state index in [1.165, 1.54) is 0 Å². The molecule has 3 aromatic carbocycles. The van der Waals surface area contributed by atoms with Crippen molar-refractivity contribution in [3.8, 4) is 11.3 Å². The molecule has 0 unspecified atom stereocenters. The van der Waals surface area contributed by atoms with E-state index in [2.05, 4.69) is 27.3 Å². The molecule has 4 rings (SSSR count). The van der Waals surface area contributed by atoms with Crippen LogP contribution in [0.15, 0.2) is 59.1 Å². The molecular formula is C25H19BrCl2N2O. The molecule has 31 heavy (non-hydrogen) atoms. The zero-order valence-corrected chi connectivity index (χ0v) is 20.3. The molecule has 1 heterocycles. The third-order valence-corrected chi connectivity index (χ3v) is 6.25. The lowest BCUT2D eigenvalue weighted by atomic mass is 9.94. The van der Waals surface area contributed by atoms with Crippen LogP contribution in [0.1, 0.15) is 27.0 Å². The summed E-state index contributed by atoms with van der Waals surface area (Å²) >= 11 is 15.8. The van der Waals surface area contributed by atoms with Gasteiger partial charge >= 0.3 is 0 Å². The van der Waals surface area contributed by atoms with Crippen LogP contribution in [0.5, 0.6) is 0 Å². The Morgan fingerprint density at radius 2 is 1.68 bits per heavy atom. The fourth-order valence-electron chi connectivity index (χ4n) is 3.77. The summed E-state index contributed by atoms with van der Waals surface area (Å²) in [5.74, 6) is -0.227. The van der Waals surface area contributed by atoms with Crippen molar-refractivity contribution < 1.29 is 4.79 Å². The maximum Gasteiger partial charge on any atom is 0.256 e. The van der Waals surface area contributed by atoms with Crippen LogP contribution < -0.4 is 5.32 Å². The van der Waals surface area contributed by atoms with Crippen LogP contribution in [0.3, 0.4) is 0 Å². The Labute approximate surface area is 199 Å². The Bertz CT molecular complexity index is 1330. The van der Waals surface area contributed by atoms with Crippen LogP contribution in [-0.2, 0) is 0 Å². The second-order valence-corrected chi connectivity index (χ2v) is 9.28. The van der Waals surface area contributed by atoms with Gasteiger partial charge < -0.3 is 5.32 Å². The number of carbonyl (C=O) groups excluding carboxylic acids is 1. The SMILES string of the molecule is Cc1cc(C)c2nc(-c3ccc(Cl)cc3)c(C)c(C(=O)Nc3ccc(Br)cc3Cl)c2c1. The van der Waals surface area contributed by atoms with E-state index in [9.17, 15) is 4.79 Å². The summed E-state index contributed by atoms with van der Waals surface area (Å²) in [4.78, 5) is 18.5. The molecule has 0 fully saturated rings. The van der Waals surface area contributed by atoms with Crippen molar-refractivity contribution >= 4 is 61.6 Å². The highest BCUT2D eigenvalue weighted by molar-refractivity contribution is 9.10. The molecule has 1 amide bonds. The van der Waals surface area contributed by atoms with E-state index in [1.54, 1.807) is 12.1 Å². The zero-order chi connectivity index (χ0) is 22.3. The number of pyridine rings is 1. The van der Waals surface area contributed by atoms with Crippen LogP contribution in [0.2, 0.25) is 10.0 Å². The van der Waals surface area contributed by atoms with Gasteiger partial charge in [-0.05, 0) is 68.3 Å². The van der Waals surface area contributed by atoms with E-state index in [4.69, 9.17) is 28.2 Å². The number of aromatic nitrogens is 1. The Morgan fingerprint density at radius 1 is 0.968 bits per heavy atom. The second kappa shape index (κ2) is 8.62. The molecular weight excluding hydrogens is 495 g/mol. The number of hydrogen-bond donors (Lipinski definition) is 1. The number of anilines is 1. The summed E-state index contributed by atoms with van der Waals surface area (Å²) in [5, 5.41) is 4.90. The van der Waals surface area contributed by atoms with Crippen LogP contribution >= 0.6 is 39.1 Å². The Balaban J connectivity index is 1.94. The largest absolute Gasteiger partial charge is 0.321 e. The number of nitrogens with one attached hydrogen (secondary N) is 1. The number of carbonyl (C=O) groups is 1. The molecule has 156 valence electrons. The first-order valence-corrected chi connectivity index (χ1v) is 11.2. The highest BCUT2D eigenvalue weighted by atomic mass is 79.9. The topological polar surface area (TPSA) is 42.0 Å². The fraction of sp³-hybridized carbons (Fsp3) is 0.120. The van der Waals surface area contributed by atoms with Gasteiger partial charge in [-0.1, -0.05) is 62.9 Å². The Kier molecular flexibility index (Phi) is 6.07. The molecule has 0 spiro atoms. The summed E-state index contributed by atoms with van der Waals surface area (Å²) in [7, 11) is 0. The normalized spacial score (nSPS) is 11.0. The average Bonchev–Trinajstić information content (AvgIpc) is 2.70. The standard InChI is InChI=1S/C25H19BrCl2N2O/c1-13-10-14(2)23-19(11-13)22(25(31)29-21-9-6-17(26)12-20(21)28)15(3)24(30-23)16-4-7-18(27)8-5-16/h4-12H,1-3H3,(H,29,31). The van der Waals surface area contributed by atoms with Crippen molar-refractivity contribution in [2.75, 3.05) is 5.32 Å². The first-order valence-electron chi connectivity index (χ1n) is 9.68. The van der Waals surface area contributed by atoms with Gasteiger partial charge in [0, 0.05) is 20.4 Å². The molecule has 0 aliphatic rings. The molecule has 0 radical (unpaired) electrons. The number of fused-ring (bicyclic) bond motifs is 1. The number of rotatable bonds is 3. The number of nitrogens with zero attached hydrogens (tertiary/aromatic N) is 1. The number of hydrogen-bond acceptors (Lipinski definition) is 2. The van der Waals surface area contributed by atoms with Crippen molar-refractivity contribution in [1.29, 1.82) is 0 Å². The monoisotopic (exact) mass is 512 g/mol. The van der Waals surface area contributed by atoms with Crippen LogP contribution in [-0.4, -0.2) is 10.9 Å². The van der Waals surface area contributed by atoms with E-state index < -0.39 is 0 Å². The predicted molar refractivity (Wildman–Crippen MR) is 134 cm³/mol. The van der Waals surface area contributed by atoms with E-state index in [-0.39, 0.29) is 5.91 Å². The highest BCUT2D eigenvalue weighted by Crippen LogP contribution is 2.34. The molecule has 0 saturated carbocycles. The third-order valence-electron chi connectivity index (χ3n) is 5.19. The molecule has 3 nitrogen and oxygen atoms in total. The van der Waals surface area contributed by atoms with E-state index in [0.29, 0.717) is 21.3 Å². The van der Waals surface area contributed by atoms with Crippen LogP contribution in [0.25, 0.3) is 22.2 Å². The zero-order valence-electron chi connectivity index (χ0n) is 17.2. The summed E-state index contributed by atoms with van der Waals surface area (Å²) in [5.41, 5.74) is 6.47. The lowest BCUT2D eigenvalue weighted by Crippen LogP contribution is -2.16. The smallest absolute Gasteiger partial charge is 0.256 e. The minimum absolute atomic E-state index is 0.227. The molecule has 0 aliphatic heterocycles. The lowest BCUT2D eigenvalue weighted by Gasteiger charge is -2.17. The minimum Gasteiger partial charge on any atom is -0.321 e. The van der Waals surface area contributed by atoms with Gasteiger partial charge in [-0.25, -0.2) is 4.98 Å². The number of amides is 1. The van der Waals surface area contributed by atoms with Gasteiger partial charge in [0.25, 0.3) is 5.91 Å². The molecule has 0 bridgehead atoms. The Hall–Kier alpha value is -2.40. The molecule has 0 aliphatic carbocycles. The van der Waals surface area contributed by atoms with Crippen molar-refractivity contribution in [2.45, 2.75) is 20.8 Å². The van der Waals surface area contributed by atoms with Gasteiger partial charge in [-0.2, -0.15) is 0 Å². The van der Waals surface area contributed by atoms with Gasteiger partial charge in [0.1, 0.15) is 0 Å². The highest BCUT2D eigenvalue weighted by Gasteiger charge is 2.21. The molecule has 1 aromatic heterocycles. The van der Waals surface area contributed by atoms with Gasteiger partial charge in [-0.3, -0.25) is 4.79 Å². The van der Waals surface area contributed by atoms with Gasteiger partial charge in [-0.15, -0.1) is 0 Å². The van der Waals surface area contributed by atoms with Gasteiger partial charge in [0.15, 0.2) is 0 Å². The van der Waals surface area contributed by atoms with Crippen LogP contribution in [0, 0.1) is 20.8 Å². The van der Waals surface area contributed by atoms with Crippen LogP contribution in [0.4, 0.5) is 5.69 Å². The first-order chi connectivity index (χ1) is 14.7. The summed E-state index contributed by atoms with van der Waals surface area (Å²) in [6.45, 7) is 5.95. The van der Waals surface area contributed by atoms with Crippen molar-refractivity contribution in [3.63, 3.8) is 0 Å². The number of aryl methyl sites for hydroxylation is 2. The second-order valence-electron chi connectivity index (χ2n) is 7.52. The quantitative estimate of drug-likeness (QED) is 0.300. The van der Waals surface area contributed by atoms with E-state index >= 15 is 0 Å². The molecule has 4 aromatic rings. The summed E-state index contributed by atoms with van der Waals surface area (Å²) in [6, 6.07) is 16.9. The summed E-state index contributed by atoms with van der Waals surface area (Å²) in [6.07, 6.45) is 0. The lowest BCUT2D eigenvalue weighted by molar-refractivity contribution is 0.102. The first kappa shape index (κ1) is 21.8.